The maximum absolute atomic E-state index is 5.19. The molecule has 1 saturated heterocycles. The van der Waals surface area contributed by atoms with Crippen molar-refractivity contribution in [1.82, 2.24) is 15.1 Å². The molecule has 0 aliphatic carbocycles. The number of rotatable bonds is 2. The predicted octanol–water partition coefficient (Wildman–Crippen LogP) is 1.06. The molecule has 0 saturated carbocycles. The largest absolute Gasteiger partial charge is 0.378 e. The lowest BCUT2D eigenvalue weighted by atomic mass is 10.2. The second kappa shape index (κ2) is 3.44. The van der Waals surface area contributed by atoms with E-state index in [1.54, 1.807) is 0 Å². The van der Waals surface area contributed by atoms with Crippen molar-refractivity contribution < 1.29 is 4.74 Å². The van der Waals surface area contributed by atoms with Crippen LogP contribution >= 0.6 is 22.5 Å². The van der Waals surface area contributed by atoms with Crippen molar-refractivity contribution in [3.05, 3.63) is 11.3 Å². The van der Waals surface area contributed by atoms with Gasteiger partial charge in [0.2, 0.25) is 0 Å². The summed E-state index contributed by atoms with van der Waals surface area (Å²) in [5.74, 6) is 0. The van der Waals surface area contributed by atoms with Gasteiger partial charge in [-0.05, 0) is 10.8 Å². The summed E-state index contributed by atoms with van der Waals surface area (Å²) in [4.78, 5) is 2.43. The van der Waals surface area contributed by atoms with Gasteiger partial charge in [0.15, 0.2) is 0 Å². The molecule has 76 valence electrons. The van der Waals surface area contributed by atoms with E-state index in [9.17, 15) is 0 Å². The molecule has 3 rings (SSSR count). The van der Waals surface area contributed by atoms with E-state index in [1.165, 1.54) is 22.1 Å². The van der Waals surface area contributed by atoms with Gasteiger partial charge in [0.1, 0.15) is 5.03 Å². The third kappa shape index (κ3) is 1.29. The van der Waals surface area contributed by atoms with E-state index in [2.05, 4.69) is 26.8 Å². The molecule has 1 N–H and O–H groups in total. The molecule has 6 heteroatoms. The molecule has 0 aromatic carbocycles. The van der Waals surface area contributed by atoms with Gasteiger partial charge in [-0.25, -0.2) is 0 Å². The summed E-state index contributed by atoms with van der Waals surface area (Å²) in [6.07, 6.45) is 0. The van der Waals surface area contributed by atoms with E-state index in [0.717, 1.165) is 31.3 Å². The van der Waals surface area contributed by atoms with Crippen LogP contribution in [0.3, 0.4) is 0 Å². The number of ether oxygens (including phenoxy) is 1. The van der Waals surface area contributed by atoms with Gasteiger partial charge in [-0.15, -0.1) is 11.7 Å². The molecule has 0 amide bonds. The fourth-order valence-corrected chi connectivity index (χ4v) is 2.74. The van der Waals surface area contributed by atoms with E-state index in [1.807, 2.05) is 0 Å². The van der Waals surface area contributed by atoms with Crippen LogP contribution in [0.4, 0.5) is 0 Å². The van der Waals surface area contributed by atoms with Crippen LogP contribution in [0.5, 0.6) is 0 Å². The molecule has 0 unspecified atom stereocenters. The molecule has 0 spiro atoms. The molecule has 4 nitrogen and oxygen atoms in total. The first-order valence-corrected chi connectivity index (χ1v) is 6.44. The Balaban J connectivity index is 1.79. The molecule has 0 radical (unpaired) electrons. The van der Waals surface area contributed by atoms with Crippen LogP contribution < -0.4 is 0 Å². The highest BCUT2D eigenvalue weighted by Gasteiger charge is 2.33. The van der Waals surface area contributed by atoms with Gasteiger partial charge in [0.05, 0.1) is 24.9 Å². The number of aromatic nitrogens is 2. The summed E-state index contributed by atoms with van der Waals surface area (Å²) < 4.78 is 5.19. The maximum Gasteiger partial charge on any atom is 0.133 e. The van der Waals surface area contributed by atoms with Crippen LogP contribution in [-0.4, -0.2) is 34.4 Å². The minimum atomic E-state index is 0.605. The van der Waals surface area contributed by atoms with Crippen molar-refractivity contribution in [1.29, 1.82) is 0 Å². The van der Waals surface area contributed by atoms with Crippen molar-refractivity contribution in [2.24, 2.45) is 0 Å². The third-order valence-corrected chi connectivity index (χ3v) is 3.89. The fraction of sp³-hybridized carbons (Fsp3) is 0.625. The van der Waals surface area contributed by atoms with E-state index in [-0.39, 0.29) is 0 Å². The minimum Gasteiger partial charge on any atom is -0.378 e. The van der Waals surface area contributed by atoms with Crippen LogP contribution in [0.25, 0.3) is 0 Å². The van der Waals surface area contributed by atoms with Crippen LogP contribution in [0, 0.1) is 0 Å². The highest BCUT2D eigenvalue weighted by molar-refractivity contribution is 8.68. The summed E-state index contributed by atoms with van der Waals surface area (Å²) in [7, 11) is 1.41. The van der Waals surface area contributed by atoms with Gasteiger partial charge in [0.25, 0.3) is 0 Å². The van der Waals surface area contributed by atoms with Crippen molar-refractivity contribution >= 4 is 22.5 Å². The average molecular weight is 229 g/mol. The van der Waals surface area contributed by atoms with Crippen LogP contribution in [-0.2, 0) is 17.8 Å². The van der Waals surface area contributed by atoms with Gasteiger partial charge in [-0.1, -0.05) is 0 Å². The Hall–Kier alpha value is -0.170. The number of nitrogens with one attached hydrogen (secondary N) is 1. The maximum atomic E-state index is 5.19. The Bertz CT molecular complexity index is 350. The van der Waals surface area contributed by atoms with Crippen LogP contribution in [0.15, 0.2) is 5.03 Å². The standard InChI is InChI=1S/C8H11N3OS2/c13-14-8-6-1-11(5-3-12-4-5)2-7(6)9-10-8/h5,13H,1-4H2,(H,9,10). The SMILES string of the molecule is SSc1n[nH]c2c1CN(C1COC1)C2. The average Bonchev–Trinajstić information content (AvgIpc) is 2.59. The molecular formula is C8H11N3OS2. The fourth-order valence-electron chi connectivity index (χ4n) is 1.91. The Morgan fingerprint density at radius 2 is 2.36 bits per heavy atom. The zero-order valence-corrected chi connectivity index (χ0v) is 9.27. The van der Waals surface area contributed by atoms with Crippen LogP contribution in [0.1, 0.15) is 11.3 Å². The van der Waals surface area contributed by atoms with Gasteiger partial charge in [0, 0.05) is 18.7 Å². The number of aromatic amines is 1. The first-order valence-electron chi connectivity index (χ1n) is 4.58. The summed E-state index contributed by atoms with van der Waals surface area (Å²) in [6.45, 7) is 3.72. The summed E-state index contributed by atoms with van der Waals surface area (Å²) in [5, 5.41) is 8.29. The number of fused-ring (bicyclic) bond motifs is 1. The lowest BCUT2D eigenvalue weighted by Crippen LogP contribution is -2.46. The van der Waals surface area contributed by atoms with E-state index in [4.69, 9.17) is 4.74 Å². The quantitative estimate of drug-likeness (QED) is 0.588. The Kier molecular flexibility index (Phi) is 2.24. The van der Waals surface area contributed by atoms with Crippen molar-refractivity contribution in [2.75, 3.05) is 13.2 Å². The lowest BCUT2D eigenvalue weighted by molar-refractivity contribution is -0.0674. The smallest absolute Gasteiger partial charge is 0.133 e. The van der Waals surface area contributed by atoms with Gasteiger partial charge in [-0.3, -0.25) is 10.00 Å². The van der Waals surface area contributed by atoms with Crippen LogP contribution in [0.2, 0.25) is 0 Å². The summed E-state index contributed by atoms with van der Waals surface area (Å²) in [6, 6.07) is 0.605. The molecule has 3 heterocycles. The predicted molar refractivity (Wildman–Crippen MR) is 57.3 cm³/mol. The van der Waals surface area contributed by atoms with Crippen molar-refractivity contribution in [3.63, 3.8) is 0 Å². The molecule has 14 heavy (non-hydrogen) atoms. The van der Waals surface area contributed by atoms with Gasteiger partial charge in [-0.2, -0.15) is 5.10 Å². The Morgan fingerprint density at radius 1 is 1.50 bits per heavy atom. The first-order chi connectivity index (χ1) is 6.88. The van der Waals surface area contributed by atoms with E-state index < -0.39 is 0 Å². The second-order valence-electron chi connectivity index (χ2n) is 3.67. The molecule has 1 aromatic rings. The highest BCUT2D eigenvalue weighted by atomic mass is 33.1. The summed E-state index contributed by atoms with van der Waals surface area (Å²) in [5.41, 5.74) is 2.56. The van der Waals surface area contributed by atoms with Crippen molar-refractivity contribution in [3.8, 4) is 0 Å². The lowest BCUT2D eigenvalue weighted by Gasteiger charge is -2.34. The zero-order valence-electron chi connectivity index (χ0n) is 7.56. The van der Waals surface area contributed by atoms with E-state index >= 15 is 0 Å². The van der Waals surface area contributed by atoms with Gasteiger partial charge < -0.3 is 4.74 Å². The van der Waals surface area contributed by atoms with Gasteiger partial charge >= 0.3 is 0 Å². The molecule has 1 fully saturated rings. The molecule has 0 atom stereocenters. The number of hydrogen-bond acceptors (Lipinski definition) is 5. The molecule has 2 aliphatic rings. The second-order valence-corrected chi connectivity index (χ2v) is 4.79. The monoisotopic (exact) mass is 229 g/mol. The molecule has 0 bridgehead atoms. The summed E-state index contributed by atoms with van der Waals surface area (Å²) >= 11 is 4.18. The number of thiol groups is 1. The number of hydrogen-bond donors (Lipinski definition) is 2. The number of H-pyrrole nitrogens is 1. The highest BCUT2D eigenvalue weighted by Crippen LogP contribution is 2.33. The third-order valence-electron chi connectivity index (χ3n) is 2.86. The molecular weight excluding hydrogens is 218 g/mol. The Labute approximate surface area is 91.2 Å². The minimum absolute atomic E-state index is 0.605. The normalized spacial score (nSPS) is 22.4. The molecule has 1 aromatic heterocycles. The van der Waals surface area contributed by atoms with E-state index in [0.29, 0.717) is 6.04 Å². The van der Waals surface area contributed by atoms with Crippen molar-refractivity contribution in [2.45, 2.75) is 24.2 Å². The first kappa shape index (κ1) is 9.08. The number of nitrogens with zero attached hydrogens (tertiary/aromatic N) is 2. The topological polar surface area (TPSA) is 41.2 Å². The zero-order chi connectivity index (χ0) is 9.54. The molecule has 2 aliphatic heterocycles. The Morgan fingerprint density at radius 3 is 3.00 bits per heavy atom.